The van der Waals surface area contributed by atoms with Crippen LogP contribution >= 0.6 is 11.6 Å². The van der Waals surface area contributed by atoms with Crippen molar-refractivity contribution in [3.05, 3.63) is 64.9 Å². The molecule has 2 fully saturated rings. The van der Waals surface area contributed by atoms with Crippen LogP contribution in [0.3, 0.4) is 0 Å². The minimum atomic E-state index is -0.515. The highest BCUT2D eigenvalue weighted by Gasteiger charge is 2.52. The molecule has 0 unspecified atom stereocenters. The summed E-state index contributed by atoms with van der Waals surface area (Å²) in [6, 6.07) is 10.5. The summed E-state index contributed by atoms with van der Waals surface area (Å²) in [4.78, 5) is 28.8. The molecule has 2 atom stereocenters. The number of halogens is 2. The number of nitrogens with zero attached hydrogens (tertiary/aromatic N) is 2. The third-order valence-electron chi connectivity index (χ3n) is 5.12. The van der Waals surface area contributed by atoms with Crippen LogP contribution in [0, 0.1) is 5.82 Å². The number of likely N-dealkylation sites (tertiary alicyclic amines) is 1. The summed E-state index contributed by atoms with van der Waals surface area (Å²) in [6.45, 7) is 0.429. The van der Waals surface area contributed by atoms with Crippen molar-refractivity contribution < 1.29 is 18.7 Å². The van der Waals surface area contributed by atoms with E-state index < -0.39 is 6.04 Å². The van der Waals surface area contributed by atoms with E-state index in [0.29, 0.717) is 35.0 Å². The standard InChI is InChI=1S/C21H18ClFN2O3/c1-28-19-7-6-14(22)10-17(19)25-16-11-18(21(25)27)24(12-16)20(26)8-5-13-3-2-4-15(23)9-13/h2-10,16,18H,11-12H2,1H3/t16-,18-/m0/s1. The van der Waals surface area contributed by atoms with Gasteiger partial charge in [0, 0.05) is 17.6 Å². The van der Waals surface area contributed by atoms with E-state index in [2.05, 4.69) is 0 Å². The van der Waals surface area contributed by atoms with E-state index in [1.54, 1.807) is 53.3 Å². The molecule has 2 amide bonds. The quantitative estimate of drug-likeness (QED) is 0.738. The molecule has 2 saturated heterocycles. The van der Waals surface area contributed by atoms with Gasteiger partial charge in [-0.25, -0.2) is 4.39 Å². The number of amides is 2. The number of fused-ring (bicyclic) bond motifs is 2. The van der Waals surface area contributed by atoms with Crippen LogP contribution in [-0.2, 0) is 9.59 Å². The molecule has 2 aromatic carbocycles. The minimum Gasteiger partial charge on any atom is -0.495 e. The van der Waals surface area contributed by atoms with Crippen LogP contribution in [0.2, 0.25) is 5.02 Å². The van der Waals surface area contributed by atoms with Gasteiger partial charge in [0.1, 0.15) is 17.6 Å². The van der Waals surface area contributed by atoms with Gasteiger partial charge in [-0.1, -0.05) is 23.7 Å². The Bertz CT molecular complexity index is 978. The third kappa shape index (κ3) is 3.24. The van der Waals surface area contributed by atoms with E-state index in [4.69, 9.17) is 16.3 Å². The maximum atomic E-state index is 13.3. The Morgan fingerprint density at radius 1 is 1.29 bits per heavy atom. The zero-order chi connectivity index (χ0) is 19.8. The van der Waals surface area contributed by atoms with Crippen molar-refractivity contribution in [2.24, 2.45) is 0 Å². The number of anilines is 1. The lowest BCUT2D eigenvalue weighted by Crippen LogP contribution is -2.52. The van der Waals surface area contributed by atoms with Crippen LogP contribution < -0.4 is 9.64 Å². The number of methoxy groups -OCH3 is 1. The maximum Gasteiger partial charge on any atom is 0.250 e. The van der Waals surface area contributed by atoms with Crippen LogP contribution in [0.15, 0.2) is 48.5 Å². The van der Waals surface area contributed by atoms with Gasteiger partial charge < -0.3 is 14.5 Å². The van der Waals surface area contributed by atoms with Crippen LogP contribution in [0.4, 0.5) is 10.1 Å². The molecule has 2 aliphatic heterocycles. The second kappa shape index (κ2) is 7.28. The van der Waals surface area contributed by atoms with Crippen LogP contribution in [0.25, 0.3) is 6.08 Å². The summed E-state index contributed by atoms with van der Waals surface area (Å²) in [6.07, 6.45) is 3.50. The number of piperazine rings is 1. The molecule has 2 bridgehead atoms. The maximum absolute atomic E-state index is 13.3. The molecule has 0 spiro atoms. The van der Waals surface area contributed by atoms with E-state index in [9.17, 15) is 14.0 Å². The van der Waals surface area contributed by atoms with Crippen LogP contribution in [0.1, 0.15) is 12.0 Å². The highest BCUT2D eigenvalue weighted by Crippen LogP contribution is 2.41. The number of benzene rings is 2. The summed E-state index contributed by atoms with van der Waals surface area (Å²) in [7, 11) is 1.54. The topological polar surface area (TPSA) is 49.9 Å². The summed E-state index contributed by atoms with van der Waals surface area (Å²) in [5.74, 6) is -0.211. The van der Waals surface area contributed by atoms with Crippen molar-refractivity contribution in [3.63, 3.8) is 0 Å². The fourth-order valence-corrected chi connectivity index (χ4v) is 4.03. The molecule has 144 valence electrons. The monoisotopic (exact) mass is 400 g/mol. The van der Waals surface area contributed by atoms with Gasteiger partial charge in [-0.05, 0) is 48.4 Å². The molecule has 4 rings (SSSR count). The summed E-state index contributed by atoms with van der Waals surface area (Å²) in [5.41, 5.74) is 1.21. The summed E-state index contributed by atoms with van der Waals surface area (Å²) >= 11 is 6.10. The number of hydrogen-bond donors (Lipinski definition) is 0. The van der Waals surface area contributed by atoms with Gasteiger partial charge in [-0.3, -0.25) is 9.59 Å². The first-order valence-corrected chi connectivity index (χ1v) is 9.26. The van der Waals surface area contributed by atoms with E-state index in [1.807, 2.05) is 0 Å². The average Bonchev–Trinajstić information content (AvgIpc) is 3.24. The number of ether oxygens (including phenoxy) is 1. The number of carbonyl (C=O) groups is 2. The molecule has 0 saturated carbocycles. The Morgan fingerprint density at radius 3 is 2.82 bits per heavy atom. The van der Waals surface area contributed by atoms with Gasteiger partial charge in [-0.15, -0.1) is 0 Å². The Kier molecular flexibility index (Phi) is 4.81. The van der Waals surface area contributed by atoms with Gasteiger partial charge in [0.2, 0.25) is 11.8 Å². The molecule has 0 N–H and O–H groups in total. The lowest BCUT2D eigenvalue weighted by atomic mass is 10.2. The van der Waals surface area contributed by atoms with Crippen molar-refractivity contribution in [2.45, 2.75) is 18.5 Å². The zero-order valence-electron chi connectivity index (χ0n) is 15.1. The van der Waals surface area contributed by atoms with Crippen molar-refractivity contribution in [3.8, 4) is 5.75 Å². The van der Waals surface area contributed by atoms with E-state index in [1.165, 1.54) is 18.2 Å². The molecule has 28 heavy (non-hydrogen) atoms. The van der Waals surface area contributed by atoms with Gasteiger partial charge >= 0.3 is 0 Å². The number of carbonyl (C=O) groups excluding carboxylic acids is 2. The molecule has 0 aromatic heterocycles. The molecule has 5 nitrogen and oxygen atoms in total. The smallest absolute Gasteiger partial charge is 0.250 e. The molecule has 2 aliphatic rings. The van der Waals surface area contributed by atoms with Gasteiger partial charge in [0.25, 0.3) is 0 Å². The fraction of sp³-hybridized carbons (Fsp3) is 0.238. The van der Waals surface area contributed by atoms with Gasteiger partial charge in [0.05, 0.1) is 18.8 Å². The first-order chi connectivity index (χ1) is 13.5. The largest absolute Gasteiger partial charge is 0.495 e. The van der Waals surface area contributed by atoms with E-state index in [0.717, 1.165) is 0 Å². The van der Waals surface area contributed by atoms with Gasteiger partial charge in [0.15, 0.2) is 0 Å². The normalized spacial score (nSPS) is 21.0. The van der Waals surface area contributed by atoms with Crippen molar-refractivity contribution in [1.82, 2.24) is 4.90 Å². The van der Waals surface area contributed by atoms with E-state index in [-0.39, 0.29) is 23.7 Å². The fourth-order valence-electron chi connectivity index (χ4n) is 3.86. The highest BCUT2D eigenvalue weighted by molar-refractivity contribution is 6.31. The predicted molar refractivity (Wildman–Crippen MR) is 105 cm³/mol. The molecule has 7 heteroatoms. The Morgan fingerprint density at radius 2 is 2.11 bits per heavy atom. The molecule has 2 heterocycles. The van der Waals surface area contributed by atoms with Crippen molar-refractivity contribution in [1.29, 1.82) is 0 Å². The molecule has 2 aromatic rings. The number of hydrogen-bond acceptors (Lipinski definition) is 3. The molecular weight excluding hydrogens is 383 g/mol. The Balaban J connectivity index is 1.52. The first kappa shape index (κ1) is 18.5. The van der Waals surface area contributed by atoms with Gasteiger partial charge in [-0.2, -0.15) is 0 Å². The summed E-state index contributed by atoms with van der Waals surface area (Å²) < 4.78 is 18.6. The number of rotatable bonds is 4. The van der Waals surface area contributed by atoms with Crippen LogP contribution in [0.5, 0.6) is 5.75 Å². The van der Waals surface area contributed by atoms with Crippen molar-refractivity contribution in [2.75, 3.05) is 18.6 Å². The SMILES string of the molecule is COc1ccc(Cl)cc1N1C(=O)[C@@H]2C[C@H]1CN2C(=O)C=Cc1cccc(F)c1. The second-order valence-corrected chi connectivity index (χ2v) is 7.25. The Hall–Kier alpha value is -2.86. The zero-order valence-corrected chi connectivity index (χ0v) is 15.9. The lowest BCUT2D eigenvalue weighted by molar-refractivity contribution is -0.134. The minimum absolute atomic E-state index is 0.128. The highest BCUT2D eigenvalue weighted by atomic mass is 35.5. The van der Waals surface area contributed by atoms with E-state index >= 15 is 0 Å². The second-order valence-electron chi connectivity index (χ2n) is 6.81. The van der Waals surface area contributed by atoms with Crippen molar-refractivity contribution >= 4 is 35.2 Å². The molecule has 0 aliphatic carbocycles. The molecular formula is C21H18ClFN2O3. The average molecular weight is 401 g/mol. The molecule has 0 radical (unpaired) electrons. The lowest BCUT2D eigenvalue weighted by Gasteiger charge is -2.34. The first-order valence-electron chi connectivity index (χ1n) is 8.89. The van der Waals surface area contributed by atoms with Crippen LogP contribution in [-0.4, -0.2) is 42.5 Å². The summed E-state index contributed by atoms with van der Waals surface area (Å²) in [5, 5.41) is 0.511. The predicted octanol–water partition coefficient (Wildman–Crippen LogP) is 3.52. The Labute approximate surface area is 166 Å². The third-order valence-corrected chi connectivity index (χ3v) is 5.35.